The third-order valence-electron chi connectivity index (χ3n) is 3.08. The van der Waals surface area contributed by atoms with Gasteiger partial charge in [0.1, 0.15) is 0 Å². The highest BCUT2D eigenvalue weighted by molar-refractivity contribution is 7.89. The Labute approximate surface area is 133 Å². The molecule has 0 saturated carbocycles. The molecule has 2 rings (SSSR count). The van der Waals surface area contributed by atoms with Crippen LogP contribution in [0.25, 0.3) is 0 Å². The second-order valence-electron chi connectivity index (χ2n) is 4.83. The van der Waals surface area contributed by atoms with Crippen molar-refractivity contribution in [1.29, 1.82) is 0 Å². The van der Waals surface area contributed by atoms with Gasteiger partial charge in [-0.15, -0.1) is 0 Å². The summed E-state index contributed by atoms with van der Waals surface area (Å²) in [5.41, 5.74) is 0.744. The van der Waals surface area contributed by atoms with Gasteiger partial charge >= 0.3 is 5.97 Å². The van der Waals surface area contributed by atoms with E-state index >= 15 is 0 Å². The van der Waals surface area contributed by atoms with Crippen LogP contribution in [-0.4, -0.2) is 31.8 Å². The molecule has 0 unspecified atom stereocenters. The molecule has 2 aromatic carbocycles. The molecule has 6 nitrogen and oxygen atoms in total. The van der Waals surface area contributed by atoms with Gasteiger partial charge in [-0.25, -0.2) is 13.1 Å². The van der Waals surface area contributed by atoms with E-state index in [9.17, 15) is 18.0 Å². The molecule has 0 fully saturated rings. The van der Waals surface area contributed by atoms with E-state index in [0.29, 0.717) is 5.56 Å². The van der Waals surface area contributed by atoms with Gasteiger partial charge in [-0.2, -0.15) is 0 Å². The van der Waals surface area contributed by atoms with Crippen LogP contribution in [0.1, 0.15) is 15.9 Å². The first-order valence-corrected chi connectivity index (χ1v) is 8.25. The zero-order valence-corrected chi connectivity index (χ0v) is 12.9. The SMILES string of the molecule is O=C(O)Cc1cccc(C(=O)CNS(=O)(=O)c2ccccc2)c1. The topological polar surface area (TPSA) is 101 Å². The molecule has 0 aliphatic rings. The minimum Gasteiger partial charge on any atom is -0.481 e. The van der Waals surface area contributed by atoms with Crippen molar-refractivity contribution in [2.24, 2.45) is 0 Å². The summed E-state index contributed by atoms with van der Waals surface area (Å²) in [5, 5.41) is 8.76. The Morgan fingerprint density at radius 2 is 1.70 bits per heavy atom. The molecule has 0 bridgehead atoms. The van der Waals surface area contributed by atoms with E-state index in [4.69, 9.17) is 5.11 Å². The zero-order chi connectivity index (χ0) is 16.9. The van der Waals surface area contributed by atoms with E-state index in [2.05, 4.69) is 4.72 Å². The lowest BCUT2D eigenvalue weighted by molar-refractivity contribution is -0.136. The van der Waals surface area contributed by atoms with Crippen LogP contribution >= 0.6 is 0 Å². The molecule has 0 atom stereocenters. The largest absolute Gasteiger partial charge is 0.481 e. The number of sulfonamides is 1. The summed E-state index contributed by atoms with van der Waals surface area (Å²) >= 11 is 0. The average Bonchev–Trinajstić information content (AvgIpc) is 2.53. The highest BCUT2D eigenvalue weighted by Gasteiger charge is 2.16. The van der Waals surface area contributed by atoms with Crippen LogP contribution in [-0.2, 0) is 21.2 Å². The van der Waals surface area contributed by atoms with Crippen LogP contribution in [0.15, 0.2) is 59.5 Å². The number of hydrogen-bond acceptors (Lipinski definition) is 4. The predicted octanol–water partition coefficient (Wildman–Crippen LogP) is 1.47. The number of hydrogen-bond donors (Lipinski definition) is 2. The van der Waals surface area contributed by atoms with E-state index in [1.54, 1.807) is 30.3 Å². The summed E-state index contributed by atoms with van der Waals surface area (Å²) in [6.45, 7) is -0.395. The van der Waals surface area contributed by atoms with Crippen LogP contribution in [0.4, 0.5) is 0 Å². The maximum Gasteiger partial charge on any atom is 0.307 e. The number of benzene rings is 2. The first-order chi connectivity index (χ1) is 10.9. The van der Waals surface area contributed by atoms with Crippen LogP contribution < -0.4 is 4.72 Å². The summed E-state index contributed by atoms with van der Waals surface area (Å²) in [6.07, 6.45) is -0.198. The Bertz CT molecular complexity index is 815. The van der Waals surface area contributed by atoms with Crippen molar-refractivity contribution < 1.29 is 23.1 Å². The Balaban J connectivity index is 2.07. The highest BCUT2D eigenvalue weighted by Crippen LogP contribution is 2.09. The van der Waals surface area contributed by atoms with E-state index in [1.165, 1.54) is 24.3 Å². The molecule has 0 aliphatic carbocycles. The van der Waals surface area contributed by atoms with Gasteiger partial charge in [0.05, 0.1) is 17.9 Å². The number of ketones is 1. The first-order valence-electron chi connectivity index (χ1n) is 6.77. The number of Topliss-reactive ketones (excluding diaryl/α,β-unsaturated/α-hetero) is 1. The molecule has 120 valence electrons. The lowest BCUT2D eigenvalue weighted by Gasteiger charge is -2.07. The molecular formula is C16H15NO5S. The number of rotatable bonds is 7. The number of carbonyl (C=O) groups excluding carboxylic acids is 1. The Kier molecular flexibility index (Phi) is 5.25. The molecule has 0 amide bonds. The fourth-order valence-corrected chi connectivity index (χ4v) is 2.98. The smallest absolute Gasteiger partial charge is 0.307 e. The standard InChI is InChI=1S/C16H15NO5S/c18-15(13-6-4-5-12(9-13)10-16(19)20)11-17-23(21,22)14-7-2-1-3-8-14/h1-9,17H,10-11H2,(H,19,20). The van der Waals surface area contributed by atoms with Crippen molar-refractivity contribution in [2.45, 2.75) is 11.3 Å². The average molecular weight is 333 g/mol. The molecule has 23 heavy (non-hydrogen) atoms. The monoisotopic (exact) mass is 333 g/mol. The molecule has 0 heterocycles. The number of carboxylic acid groups (broad SMARTS) is 1. The highest BCUT2D eigenvalue weighted by atomic mass is 32.2. The van der Waals surface area contributed by atoms with E-state index in [-0.39, 0.29) is 16.9 Å². The van der Waals surface area contributed by atoms with Crippen molar-refractivity contribution in [2.75, 3.05) is 6.54 Å². The maximum atomic E-state index is 12.1. The Morgan fingerprint density at radius 1 is 1.00 bits per heavy atom. The molecule has 0 aromatic heterocycles. The normalized spacial score (nSPS) is 11.1. The van der Waals surface area contributed by atoms with Gasteiger partial charge in [-0.3, -0.25) is 9.59 Å². The molecule has 0 aliphatic heterocycles. The minimum atomic E-state index is -3.76. The third-order valence-corrected chi connectivity index (χ3v) is 4.50. The quantitative estimate of drug-likeness (QED) is 0.747. The first kappa shape index (κ1) is 16.9. The Hall–Kier alpha value is -2.51. The van der Waals surface area contributed by atoms with Crippen LogP contribution in [0, 0.1) is 0 Å². The fraction of sp³-hybridized carbons (Fsp3) is 0.125. The number of aliphatic carboxylic acids is 1. The zero-order valence-electron chi connectivity index (χ0n) is 12.1. The van der Waals surface area contributed by atoms with Gasteiger partial charge in [0.25, 0.3) is 0 Å². The van der Waals surface area contributed by atoms with Gasteiger partial charge < -0.3 is 5.11 Å². The van der Waals surface area contributed by atoms with Crippen molar-refractivity contribution in [1.82, 2.24) is 4.72 Å². The summed E-state index contributed by atoms with van der Waals surface area (Å²) in [5.74, 6) is -1.43. The van der Waals surface area contributed by atoms with Crippen LogP contribution in [0.5, 0.6) is 0 Å². The second-order valence-corrected chi connectivity index (χ2v) is 6.60. The summed E-state index contributed by atoms with van der Waals surface area (Å²) in [4.78, 5) is 22.8. The van der Waals surface area contributed by atoms with Crippen molar-refractivity contribution in [3.05, 3.63) is 65.7 Å². The van der Waals surface area contributed by atoms with Crippen LogP contribution in [0.2, 0.25) is 0 Å². The number of carboxylic acids is 1. The van der Waals surface area contributed by atoms with E-state index in [1.807, 2.05) is 0 Å². The lowest BCUT2D eigenvalue weighted by Crippen LogP contribution is -2.29. The van der Waals surface area contributed by atoms with Gasteiger partial charge in [-0.1, -0.05) is 36.4 Å². The van der Waals surface area contributed by atoms with Crippen LogP contribution in [0.3, 0.4) is 0 Å². The van der Waals surface area contributed by atoms with Gasteiger partial charge in [0.2, 0.25) is 10.0 Å². The van der Waals surface area contributed by atoms with E-state index in [0.717, 1.165) is 0 Å². The van der Waals surface area contributed by atoms with Crippen molar-refractivity contribution >= 4 is 21.8 Å². The summed E-state index contributed by atoms with van der Waals surface area (Å²) in [7, 11) is -3.76. The fourth-order valence-electron chi connectivity index (χ4n) is 1.97. The maximum absolute atomic E-state index is 12.1. The van der Waals surface area contributed by atoms with Gasteiger partial charge in [0, 0.05) is 5.56 Å². The molecule has 2 N–H and O–H groups in total. The molecule has 0 spiro atoms. The van der Waals surface area contributed by atoms with Gasteiger partial charge in [-0.05, 0) is 23.8 Å². The second kappa shape index (κ2) is 7.17. The Morgan fingerprint density at radius 3 is 2.35 bits per heavy atom. The lowest BCUT2D eigenvalue weighted by atomic mass is 10.1. The summed E-state index contributed by atoms with van der Waals surface area (Å²) in [6, 6.07) is 13.9. The molecular weight excluding hydrogens is 318 g/mol. The minimum absolute atomic E-state index is 0.0763. The molecule has 0 saturated heterocycles. The molecule has 2 aromatic rings. The summed E-state index contributed by atoms with van der Waals surface area (Å²) < 4.78 is 26.3. The predicted molar refractivity (Wildman–Crippen MR) is 83.7 cm³/mol. The number of carbonyl (C=O) groups is 2. The molecule has 0 radical (unpaired) electrons. The van der Waals surface area contributed by atoms with Gasteiger partial charge in [0.15, 0.2) is 5.78 Å². The van der Waals surface area contributed by atoms with E-state index < -0.39 is 28.3 Å². The third kappa shape index (κ3) is 4.73. The van der Waals surface area contributed by atoms with Crippen molar-refractivity contribution in [3.8, 4) is 0 Å². The van der Waals surface area contributed by atoms with Crippen molar-refractivity contribution in [3.63, 3.8) is 0 Å². The number of nitrogens with one attached hydrogen (secondary N) is 1. The molecule has 7 heteroatoms.